The molecule has 1 aromatic carbocycles. The van der Waals surface area contributed by atoms with Crippen LogP contribution >= 0.6 is 11.6 Å². The van der Waals surface area contributed by atoms with Crippen LogP contribution in [0.5, 0.6) is 11.5 Å². The van der Waals surface area contributed by atoms with Crippen LogP contribution in [0.25, 0.3) is 0 Å². The molecule has 0 bridgehead atoms. The summed E-state index contributed by atoms with van der Waals surface area (Å²) in [5.41, 5.74) is 0. The van der Waals surface area contributed by atoms with Crippen LogP contribution in [0.1, 0.15) is 0 Å². The normalized spacial score (nSPS) is 10.5. The van der Waals surface area contributed by atoms with E-state index >= 15 is 0 Å². The number of rotatable bonds is 5. The van der Waals surface area contributed by atoms with Gasteiger partial charge in [-0.1, -0.05) is 11.6 Å². The van der Waals surface area contributed by atoms with Crippen molar-refractivity contribution in [2.75, 3.05) is 34.4 Å². The Balaban J connectivity index is 2.60. The molecule has 0 radical (unpaired) electrons. The molecule has 4 heteroatoms. The predicted octanol–water partition coefficient (Wildman–Crippen LogP) is 2.29. The minimum Gasteiger partial charge on any atom is -0.493 e. The number of benzene rings is 1. The van der Waals surface area contributed by atoms with Gasteiger partial charge >= 0.3 is 0 Å². The SMILES string of the molecule is COc1cc(Cl)ccc1OCCN(C)C. The van der Waals surface area contributed by atoms with Crippen LogP contribution in [0.3, 0.4) is 0 Å². The molecule has 3 nitrogen and oxygen atoms in total. The Morgan fingerprint density at radius 2 is 2.00 bits per heavy atom. The molecule has 0 heterocycles. The molecule has 0 saturated carbocycles. The van der Waals surface area contributed by atoms with E-state index in [1.165, 1.54) is 0 Å². The summed E-state index contributed by atoms with van der Waals surface area (Å²) in [5.74, 6) is 1.39. The van der Waals surface area contributed by atoms with Gasteiger partial charge in [-0.25, -0.2) is 0 Å². The van der Waals surface area contributed by atoms with E-state index in [0.717, 1.165) is 12.3 Å². The fourth-order valence-electron chi connectivity index (χ4n) is 1.10. The first-order valence-corrected chi connectivity index (χ1v) is 5.12. The summed E-state index contributed by atoms with van der Waals surface area (Å²) in [7, 11) is 5.61. The number of methoxy groups -OCH3 is 1. The first-order valence-electron chi connectivity index (χ1n) is 4.74. The molecule has 0 spiro atoms. The largest absolute Gasteiger partial charge is 0.493 e. The Morgan fingerprint density at radius 1 is 1.27 bits per heavy atom. The van der Waals surface area contributed by atoms with E-state index < -0.39 is 0 Å². The lowest BCUT2D eigenvalue weighted by atomic mass is 10.3. The highest BCUT2D eigenvalue weighted by molar-refractivity contribution is 6.30. The van der Waals surface area contributed by atoms with E-state index in [1.54, 1.807) is 19.2 Å². The van der Waals surface area contributed by atoms with E-state index in [4.69, 9.17) is 21.1 Å². The number of nitrogens with zero attached hydrogens (tertiary/aromatic N) is 1. The lowest BCUT2D eigenvalue weighted by Gasteiger charge is -2.13. The Morgan fingerprint density at radius 3 is 2.60 bits per heavy atom. The van der Waals surface area contributed by atoms with E-state index in [9.17, 15) is 0 Å². The number of halogens is 1. The molecule has 0 aromatic heterocycles. The maximum Gasteiger partial charge on any atom is 0.162 e. The molecule has 0 saturated heterocycles. The summed E-state index contributed by atoms with van der Waals surface area (Å²) in [4.78, 5) is 2.06. The average Bonchev–Trinajstić information content (AvgIpc) is 2.19. The lowest BCUT2D eigenvalue weighted by Crippen LogP contribution is -2.19. The average molecular weight is 230 g/mol. The maximum atomic E-state index is 5.84. The topological polar surface area (TPSA) is 21.7 Å². The standard InChI is InChI=1S/C11H16ClNO2/c1-13(2)6-7-15-10-5-4-9(12)8-11(10)14-3/h4-5,8H,6-7H2,1-3H3. The van der Waals surface area contributed by atoms with Crippen molar-refractivity contribution in [3.05, 3.63) is 23.2 Å². The molecule has 0 aliphatic carbocycles. The summed E-state index contributed by atoms with van der Waals surface area (Å²) in [6.45, 7) is 1.50. The molecule has 84 valence electrons. The molecular weight excluding hydrogens is 214 g/mol. The van der Waals surface area contributed by atoms with Crippen molar-refractivity contribution in [1.29, 1.82) is 0 Å². The number of hydrogen-bond donors (Lipinski definition) is 0. The minimum atomic E-state index is 0.630. The zero-order chi connectivity index (χ0) is 11.3. The summed E-state index contributed by atoms with van der Waals surface area (Å²) in [6, 6.07) is 5.35. The van der Waals surface area contributed by atoms with Gasteiger partial charge in [-0.15, -0.1) is 0 Å². The highest BCUT2D eigenvalue weighted by Gasteiger charge is 2.04. The van der Waals surface area contributed by atoms with Gasteiger partial charge in [0.25, 0.3) is 0 Å². The predicted molar refractivity (Wildman–Crippen MR) is 62.1 cm³/mol. The molecule has 0 unspecified atom stereocenters. The maximum absolute atomic E-state index is 5.84. The Labute approximate surface area is 95.5 Å². The third-order valence-electron chi connectivity index (χ3n) is 1.92. The van der Waals surface area contributed by atoms with E-state index in [-0.39, 0.29) is 0 Å². The quantitative estimate of drug-likeness (QED) is 0.773. The number of ether oxygens (including phenoxy) is 2. The van der Waals surface area contributed by atoms with Gasteiger partial charge in [-0.3, -0.25) is 0 Å². The molecule has 1 rings (SSSR count). The highest BCUT2D eigenvalue weighted by atomic mass is 35.5. The van der Waals surface area contributed by atoms with Crippen LogP contribution in [-0.2, 0) is 0 Å². The third kappa shape index (κ3) is 3.98. The van der Waals surface area contributed by atoms with Crippen molar-refractivity contribution in [3.8, 4) is 11.5 Å². The van der Waals surface area contributed by atoms with Gasteiger partial charge in [0.05, 0.1) is 7.11 Å². The van der Waals surface area contributed by atoms with Crippen LogP contribution < -0.4 is 9.47 Å². The summed E-state index contributed by atoms with van der Waals surface area (Å²) < 4.78 is 10.7. The molecular formula is C11H16ClNO2. The van der Waals surface area contributed by atoms with Gasteiger partial charge in [0.1, 0.15) is 6.61 Å². The van der Waals surface area contributed by atoms with E-state index in [0.29, 0.717) is 17.4 Å². The molecule has 0 fully saturated rings. The summed E-state index contributed by atoms with van der Waals surface area (Å²) >= 11 is 5.84. The van der Waals surface area contributed by atoms with Gasteiger partial charge < -0.3 is 14.4 Å². The Bertz CT molecular complexity index is 315. The minimum absolute atomic E-state index is 0.630. The van der Waals surface area contributed by atoms with Crippen LogP contribution in [-0.4, -0.2) is 39.3 Å². The number of hydrogen-bond acceptors (Lipinski definition) is 3. The van der Waals surface area contributed by atoms with Crippen molar-refractivity contribution < 1.29 is 9.47 Å². The second kappa shape index (κ2) is 5.83. The smallest absolute Gasteiger partial charge is 0.162 e. The molecule has 0 aliphatic rings. The molecule has 0 aliphatic heterocycles. The van der Waals surface area contributed by atoms with Gasteiger partial charge in [0.2, 0.25) is 0 Å². The van der Waals surface area contributed by atoms with Gasteiger partial charge in [0.15, 0.2) is 11.5 Å². The van der Waals surface area contributed by atoms with Gasteiger partial charge in [-0.2, -0.15) is 0 Å². The fourth-order valence-corrected chi connectivity index (χ4v) is 1.26. The monoisotopic (exact) mass is 229 g/mol. The zero-order valence-electron chi connectivity index (χ0n) is 9.29. The second-order valence-electron chi connectivity index (χ2n) is 3.45. The Kier molecular flexibility index (Phi) is 4.72. The van der Waals surface area contributed by atoms with Crippen molar-refractivity contribution in [2.24, 2.45) is 0 Å². The molecule has 0 N–H and O–H groups in total. The lowest BCUT2D eigenvalue weighted by molar-refractivity contribution is 0.250. The van der Waals surface area contributed by atoms with Crippen molar-refractivity contribution >= 4 is 11.6 Å². The highest BCUT2D eigenvalue weighted by Crippen LogP contribution is 2.29. The van der Waals surface area contributed by atoms with Crippen molar-refractivity contribution in [1.82, 2.24) is 4.90 Å². The summed E-state index contributed by atoms with van der Waals surface area (Å²) in [5, 5.41) is 0.645. The first-order chi connectivity index (χ1) is 7.13. The second-order valence-corrected chi connectivity index (χ2v) is 3.88. The molecule has 0 amide bonds. The fraction of sp³-hybridized carbons (Fsp3) is 0.455. The van der Waals surface area contributed by atoms with Crippen LogP contribution in [0.15, 0.2) is 18.2 Å². The van der Waals surface area contributed by atoms with E-state index in [1.807, 2.05) is 20.2 Å². The van der Waals surface area contributed by atoms with Crippen LogP contribution in [0.4, 0.5) is 0 Å². The molecule has 0 atom stereocenters. The number of likely N-dealkylation sites (N-methyl/N-ethyl adjacent to an activating group) is 1. The van der Waals surface area contributed by atoms with E-state index in [2.05, 4.69) is 4.90 Å². The Hall–Kier alpha value is -0.930. The zero-order valence-corrected chi connectivity index (χ0v) is 10.0. The van der Waals surface area contributed by atoms with Crippen LogP contribution in [0.2, 0.25) is 5.02 Å². The van der Waals surface area contributed by atoms with Gasteiger partial charge in [0, 0.05) is 17.6 Å². The van der Waals surface area contributed by atoms with Crippen molar-refractivity contribution in [3.63, 3.8) is 0 Å². The molecule has 1 aromatic rings. The first kappa shape index (κ1) is 12.1. The van der Waals surface area contributed by atoms with Crippen LogP contribution in [0, 0.1) is 0 Å². The summed E-state index contributed by atoms with van der Waals surface area (Å²) in [6.07, 6.45) is 0. The van der Waals surface area contributed by atoms with Crippen molar-refractivity contribution in [2.45, 2.75) is 0 Å². The van der Waals surface area contributed by atoms with Gasteiger partial charge in [-0.05, 0) is 26.2 Å². The molecule has 15 heavy (non-hydrogen) atoms. The third-order valence-corrected chi connectivity index (χ3v) is 2.16.